The molecule has 1 aromatic heterocycles. The van der Waals surface area contributed by atoms with Gasteiger partial charge in [-0.3, -0.25) is 4.79 Å². The first-order valence-electron chi connectivity index (χ1n) is 8.10. The number of aryl methyl sites for hydroxylation is 1. The molecule has 1 aromatic carbocycles. The molecule has 0 saturated carbocycles. The lowest BCUT2D eigenvalue weighted by Crippen LogP contribution is -2.34. The maximum atomic E-state index is 13.0. The molecule has 136 valence electrons. The molecule has 1 aliphatic heterocycles. The molecule has 0 radical (unpaired) electrons. The number of hydrogen-bond acceptors (Lipinski definition) is 6. The Morgan fingerprint density at radius 2 is 2.20 bits per heavy atom. The zero-order valence-corrected chi connectivity index (χ0v) is 16.0. The van der Waals surface area contributed by atoms with Gasteiger partial charge in [0, 0.05) is 17.5 Å². The van der Waals surface area contributed by atoms with Gasteiger partial charge in [0.05, 0.1) is 11.3 Å². The van der Waals surface area contributed by atoms with Crippen molar-refractivity contribution < 1.29 is 9.32 Å². The first kappa shape index (κ1) is 19.8. The summed E-state index contributed by atoms with van der Waals surface area (Å²) in [5.41, 5.74) is 6.50. The lowest BCUT2D eigenvalue weighted by atomic mass is 10.1. The highest BCUT2D eigenvalue weighted by atomic mass is 35.5. The van der Waals surface area contributed by atoms with Gasteiger partial charge in [-0.15, -0.1) is 24.2 Å². The molecule has 2 aromatic rings. The zero-order chi connectivity index (χ0) is 17.1. The third-order valence-electron chi connectivity index (χ3n) is 4.29. The minimum atomic E-state index is 0. The Balaban J connectivity index is 0.00000225. The molecule has 8 heteroatoms. The van der Waals surface area contributed by atoms with Crippen LogP contribution in [0.1, 0.15) is 35.4 Å². The summed E-state index contributed by atoms with van der Waals surface area (Å²) in [6.45, 7) is 5.24. The second-order valence-electron chi connectivity index (χ2n) is 6.16. The van der Waals surface area contributed by atoms with Crippen molar-refractivity contribution in [2.75, 3.05) is 13.1 Å². The van der Waals surface area contributed by atoms with E-state index in [9.17, 15) is 4.79 Å². The van der Waals surface area contributed by atoms with Crippen LogP contribution in [0.25, 0.3) is 0 Å². The van der Waals surface area contributed by atoms with Crippen molar-refractivity contribution in [1.82, 2.24) is 15.0 Å². The number of amides is 1. The van der Waals surface area contributed by atoms with Crippen LogP contribution in [0, 0.1) is 12.8 Å². The van der Waals surface area contributed by atoms with Crippen LogP contribution in [-0.2, 0) is 5.75 Å². The van der Waals surface area contributed by atoms with Gasteiger partial charge in [-0.2, -0.15) is 4.98 Å². The van der Waals surface area contributed by atoms with Gasteiger partial charge in [0.15, 0.2) is 5.82 Å². The van der Waals surface area contributed by atoms with E-state index >= 15 is 0 Å². The molecule has 1 saturated heterocycles. The van der Waals surface area contributed by atoms with Crippen LogP contribution in [0.4, 0.5) is 0 Å². The Morgan fingerprint density at radius 3 is 2.84 bits per heavy atom. The van der Waals surface area contributed by atoms with Gasteiger partial charge in [-0.25, -0.2) is 0 Å². The minimum Gasteiger partial charge on any atom is -0.338 e. The Bertz CT molecular complexity index is 724. The molecule has 0 aliphatic carbocycles. The second-order valence-corrected chi connectivity index (χ2v) is 7.18. The highest BCUT2D eigenvalue weighted by Gasteiger charge is 2.32. The van der Waals surface area contributed by atoms with Crippen LogP contribution in [0.5, 0.6) is 0 Å². The molecule has 0 bridgehead atoms. The molecule has 25 heavy (non-hydrogen) atoms. The standard InChI is InChI=1S/C17H22N4O2S.ClH/c1-11-7-13(8-18)9-21(11)17(22)14-5-3-4-6-15(14)24-10-16-19-12(2)20-23-16;/h3-6,11,13H,7-10,18H2,1-2H3;1H. The molecule has 2 unspecified atom stereocenters. The highest BCUT2D eigenvalue weighted by molar-refractivity contribution is 7.98. The summed E-state index contributed by atoms with van der Waals surface area (Å²) >= 11 is 1.54. The summed E-state index contributed by atoms with van der Waals surface area (Å²) in [5.74, 6) is 2.20. The third kappa shape index (κ3) is 4.54. The molecular weight excluding hydrogens is 360 g/mol. The first-order valence-corrected chi connectivity index (χ1v) is 9.09. The van der Waals surface area contributed by atoms with E-state index in [0.717, 1.165) is 23.4 Å². The quantitative estimate of drug-likeness (QED) is 0.800. The number of carbonyl (C=O) groups excluding carboxylic acids is 1. The summed E-state index contributed by atoms with van der Waals surface area (Å²) in [6, 6.07) is 7.90. The fourth-order valence-corrected chi connectivity index (χ4v) is 3.94. The number of aromatic nitrogens is 2. The van der Waals surface area contributed by atoms with Crippen molar-refractivity contribution in [1.29, 1.82) is 0 Å². The minimum absolute atomic E-state index is 0. The SMILES string of the molecule is Cc1noc(CSc2ccccc2C(=O)N2CC(CN)CC2C)n1.Cl. The molecule has 1 aliphatic rings. The first-order chi connectivity index (χ1) is 11.6. The normalized spacial score (nSPS) is 19.7. The van der Waals surface area contributed by atoms with E-state index in [1.807, 2.05) is 29.2 Å². The van der Waals surface area contributed by atoms with Crippen molar-refractivity contribution in [2.24, 2.45) is 11.7 Å². The summed E-state index contributed by atoms with van der Waals surface area (Å²) in [7, 11) is 0. The van der Waals surface area contributed by atoms with Crippen molar-refractivity contribution in [3.05, 3.63) is 41.5 Å². The average Bonchev–Trinajstić information content (AvgIpc) is 3.18. The molecule has 3 rings (SSSR count). The molecule has 1 amide bonds. The molecule has 2 atom stereocenters. The largest absolute Gasteiger partial charge is 0.338 e. The summed E-state index contributed by atoms with van der Waals surface area (Å²) in [5, 5.41) is 3.79. The van der Waals surface area contributed by atoms with E-state index in [2.05, 4.69) is 17.1 Å². The fourth-order valence-electron chi connectivity index (χ4n) is 3.06. The Hall–Kier alpha value is -1.57. The number of nitrogens with two attached hydrogens (primary N) is 1. The van der Waals surface area contributed by atoms with Crippen LogP contribution < -0.4 is 5.73 Å². The molecular formula is C17H23ClN4O2S. The third-order valence-corrected chi connectivity index (χ3v) is 5.35. The predicted molar refractivity (Wildman–Crippen MR) is 99.9 cm³/mol. The number of thioether (sulfide) groups is 1. The fraction of sp³-hybridized carbons (Fsp3) is 0.471. The smallest absolute Gasteiger partial charge is 0.255 e. The highest BCUT2D eigenvalue weighted by Crippen LogP contribution is 2.30. The summed E-state index contributed by atoms with van der Waals surface area (Å²) < 4.78 is 5.14. The number of halogens is 1. The van der Waals surface area contributed by atoms with Crippen molar-refractivity contribution >= 4 is 30.1 Å². The van der Waals surface area contributed by atoms with Crippen LogP contribution in [-0.4, -0.2) is 40.1 Å². The van der Waals surface area contributed by atoms with Crippen molar-refractivity contribution in [3.8, 4) is 0 Å². The molecule has 2 heterocycles. The van der Waals surface area contributed by atoms with Gasteiger partial charge < -0.3 is 15.2 Å². The monoisotopic (exact) mass is 382 g/mol. The van der Waals surface area contributed by atoms with Crippen molar-refractivity contribution in [2.45, 2.75) is 37.0 Å². The summed E-state index contributed by atoms with van der Waals surface area (Å²) in [4.78, 5) is 20.0. The van der Waals surface area contributed by atoms with Gasteiger partial charge in [-0.1, -0.05) is 17.3 Å². The van der Waals surface area contributed by atoms with Crippen LogP contribution in [0.3, 0.4) is 0 Å². The van der Waals surface area contributed by atoms with Gasteiger partial charge >= 0.3 is 0 Å². The number of benzene rings is 1. The average molecular weight is 383 g/mol. The van der Waals surface area contributed by atoms with Crippen LogP contribution in [0.15, 0.2) is 33.7 Å². The van der Waals surface area contributed by atoms with E-state index in [0.29, 0.717) is 29.9 Å². The van der Waals surface area contributed by atoms with Gasteiger partial charge in [0.1, 0.15) is 0 Å². The van der Waals surface area contributed by atoms with E-state index in [1.165, 1.54) is 11.8 Å². The number of likely N-dealkylation sites (tertiary alicyclic amines) is 1. The molecule has 1 fully saturated rings. The van der Waals surface area contributed by atoms with E-state index < -0.39 is 0 Å². The Morgan fingerprint density at radius 1 is 1.44 bits per heavy atom. The molecule has 6 nitrogen and oxygen atoms in total. The lowest BCUT2D eigenvalue weighted by Gasteiger charge is -2.22. The number of nitrogens with zero attached hydrogens (tertiary/aromatic N) is 3. The van der Waals surface area contributed by atoms with Gasteiger partial charge in [-0.05, 0) is 44.9 Å². The zero-order valence-electron chi connectivity index (χ0n) is 14.3. The number of carbonyl (C=O) groups is 1. The van der Waals surface area contributed by atoms with Crippen molar-refractivity contribution in [3.63, 3.8) is 0 Å². The maximum Gasteiger partial charge on any atom is 0.255 e. The Labute approximate surface area is 157 Å². The van der Waals surface area contributed by atoms with Gasteiger partial charge in [0.2, 0.25) is 5.89 Å². The van der Waals surface area contributed by atoms with Gasteiger partial charge in [0.25, 0.3) is 5.91 Å². The number of hydrogen-bond donors (Lipinski definition) is 1. The summed E-state index contributed by atoms with van der Waals surface area (Å²) in [6.07, 6.45) is 0.971. The maximum absolute atomic E-state index is 13.0. The lowest BCUT2D eigenvalue weighted by molar-refractivity contribution is 0.0740. The molecule has 0 spiro atoms. The van der Waals surface area contributed by atoms with E-state index in [4.69, 9.17) is 10.3 Å². The molecule has 2 N–H and O–H groups in total. The number of rotatable bonds is 5. The van der Waals surface area contributed by atoms with E-state index in [1.54, 1.807) is 6.92 Å². The topological polar surface area (TPSA) is 85.2 Å². The van der Waals surface area contributed by atoms with Crippen LogP contribution in [0.2, 0.25) is 0 Å². The second kappa shape index (κ2) is 8.69. The van der Waals surface area contributed by atoms with E-state index in [-0.39, 0.29) is 24.4 Å². The van der Waals surface area contributed by atoms with Crippen LogP contribution >= 0.6 is 24.2 Å². The predicted octanol–water partition coefficient (Wildman–Crippen LogP) is 2.90. The Kier molecular flexibility index (Phi) is 6.87.